The maximum Gasteiger partial charge on any atom is 0.0461 e. The first-order valence-corrected chi connectivity index (χ1v) is 7.66. The Morgan fingerprint density at radius 1 is 1.22 bits per heavy atom. The van der Waals surface area contributed by atoms with Gasteiger partial charge in [-0.1, -0.05) is 45.7 Å². The highest BCUT2D eigenvalue weighted by atomic mass is 79.9. The predicted octanol–water partition coefficient (Wildman–Crippen LogP) is 4.29. The van der Waals surface area contributed by atoms with Crippen LogP contribution in [0.5, 0.6) is 0 Å². The van der Waals surface area contributed by atoms with Crippen LogP contribution >= 0.6 is 15.9 Å². The van der Waals surface area contributed by atoms with Gasteiger partial charge in [0.15, 0.2) is 0 Å². The zero-order valence-electron chi connectivity index (χ0n) is 11.7. The van der Waals surface area contributed by atoms with E-state index in [1.54, 1.807) is 0 Å². The number of halogens is 1. The molecule has 0 aliphatic carbocycles. The summed E-state index contributed by atoms with van der Waals surface area (Å²) in [5.41, 5.74) is 8.03. The Hall–Kier alpha value is -0.540. The van der Waals surface area contributed by atoms with Crippen LogP contribution in [0.25, 0.3) is 0 Å². The van der Waals surface area contributed by atoms with Crippen molar-refractivity contribution < 1.29 is 0 Å². The summed E-state index contributed by atoms with van der Waals surface area (Å²) in [5, 5.41) is 0. The molecule has 0 aliphatic heterocycles. The van der Waals surface area contributed by atoms with Crippen molar-refractivity contribution in [2.75, 3.05) is 18.8 Å². The van der Waals surface area contributed by atoms with Gasteiger partial charge in [0.25, 0.3) is 0 Å². The molecule has 0 heterocycles. The Labute approximate surface area is 120 Å². The van der Waals surface area contributed by atoms with Gasteiger partial charge < -0.3 is 5.73 Å². The van der Waals surface area contributed by atoms with E-state index in [0.717, 1.165) is 29.2 Å². The van der Waals surface area contributed by atoms with Gasteiger partial charge in [-0.25, -0.2) is 0 Å². The summed E-state index contributed by atoms with van der Waals surface area (Å²) in [6.07, 6.45) is 2.51. The molecule has 0 bridgehead atoms. The van der Waals surface area contributed by atoms with Gasteiger partial charge in [-0.05, 0) is 40.0 Å². The smallest absolute Gasteiger partial charge is 0.0461 e. The fourth-order valence-corrected chi connectivity index (χ4v) is 2.57. The number of hydrogen-bond acceptors (Lipinski definition) is 2. The van der Waals surface area contributed by atoms with Crippen molar-refractivity contribution >= 4 is 21.6 Å². The van der Waals surface area contributed by atoms with Crippen LogP contribution in [0, 0.1) is 5.92 Å². The maximum atomic E-state index is 5.93. The largest absolute Gasteiger partial charge is 0.398 e. The van der Waals surface area contributed by atoms with Gasteiger partial charge in [0.1, 0.15) is 0 Å². The van der Waals surface area contributed by atoms with Gasteiger partial charge in [-0.15, -0.1) is 0 Å². The van der Waals surface area contributed by atoms with E-state index in [9.17, 15) is 0 Å². The van der Waals surface area contributed by atoms with Crippen LogP contribution in [-0.4, -0.2) is 18.0 Å². The fraction of sp³-hybridized carbons (Fsp3) is 0.600. The number of nitrogen functional groups attached to an aromatic ring is 1. The molecule has 0 fully saturated rings. The molecule has 0 aromatic heterocycles. The number of nitrogens with zero attached hydrogens (tertiary/aromatic N) is 1. The molecule has 1 rings (SSSR count). The first-order valence-electron chi connectivity index (χ1n) is 6.87. The lowest BCUT2D eigenvalue weighted by atomic mass is 10.0. The molecule has 3 heteroatoms. The molecule has 18 heavy (non-hydrogen) atoms. The molecule has 0 saturated carbocycles. The monoisotopic (exact) mass is 312 g/mol. The van der Waals surface area contributed by atoms with Gasteiger partial charge in [0, 0.05) is 23.2 Å². The van der Waals surface area contributed by atoms with Crippen LogP contribution in [0.1, 0.15) is 39.2 Å². The van der Waals surface area contributed by atoms with E-state index < -0.39 is 0 Å². The number of anilines is 1. The summed E-state index contributed by atoms with van der Waals surface area (Å²) in [4.78, 5) is 2.50. The van der Waals surface area contributed by atoms with Gasteiger partial charge in [-0.2, -0.15) is 0 Å². The normalized spacial score (nSPS) is 11.4. The number of benzene rings is 1. The Balaban J connectivity index is 2.70. The van der Waals surface area contributed by atoms with E-state index in [-0.39, 0.29) is 0 Å². The Morgan fingerprint density at radius 3 is 2.44 bits per heavy atom. The second-order valence-electron chi connectivity index (χ2n) is 4.83. The van der Waals surface area contributed by atoms with E-state index in [1.807, 2.05) is 12.1 Å². The lowest BCUT2D eigenvalue weighted by molar-refractivity contribution is 0.226. The van der Waals surface area contributed by atoms with E-state index in [1.165, 1.54) is 24.9 Å². The fourth-order valence-electron chi connectivity index (χ4n) is 2.18. The van der Waals surface area contributed by atoms with Crippen LogP contribution < -0.4 is 5.73 Å². The minimum atomic E-state index is 0.796. The van der Waals surface area contributed by atoms with Crippen molar-refractivity contribution in [3.05, 3.63) is 28.2 Å². The number of rotatable bonds is 7. The first-order chi connectivity index (χ1) is 8.62. The lowest BCUT2D eigenvalue weighted by Gasteiger charge is -2.25. The van der Waals surface area contributed by atoms with Crippen molar-refractivity contribution in [3.8, 4) is 0 Å². The zero-order valence-corrected chi connectivity index (χ0v) is 13.3. The average molecular weight is 313 g/mol. The van der Waals surface area contributed by atoms with Crippen molar-refractivity contribution in [2.24, 2.45) is 5.92 Å². The molecule has 0 amide bonds. The molecule has 0 radical (unpaired) electrons. The average Bonchev–Trinajstić information content (AvgIpc) is 2.39. The van der Waals surface area contributed by atoms with Crippen LogP contribution in [0.4, 0.5) is 5.69 Å². The topological polar surface area (TPSA) is 29.3 Å². The van der Waals surface area contributed by atoms with Gasteiger partial charge >= 0.3 is 0 Å². The lowest BCUT2D eigenvalue weighted by Crippen LogP contribution is -2.28. The maximum absolute atomic E-state index is 5.93. The summed E-state index contributed by atoms with van der Waals surface area (Å²) in [7, 11) is 0. The minimum absolute atomic E-state index is 0.796. The van der Waals surface area contributed by atoms with Crippen molar-refractivity contribution in [2.45, 2.75) is 40.2 Å². The molecule has 0 spiro atoms. The van der Waals surface area contributed by atoms with Gasteiger partial charge in [0.2, 0.25) is 0 Å². The van der Waals surface area contributed by atoms with E-state index in [2.05, 4.69) is 47.7 Å². The summed E-state index contributed by atoms with van der Waals surface area (Å²) in [6.45, 7) is 10.0. The second kappa shape index (κ2) is 7.80. The molecular formula is C15H25BrN2. The molecule has 102 valence electrons. The molecule has 0 unspecified atom stereocenters. The SMILES string of the molecule is CCC(CC)CN(CC)Cc1cccc(N)c1Br. The third-order valence-electron chi connectivity index (χ3n) is 3.62. The first kappa shape index (κ1) is 15.5. The molecule has 0 atom stereocenters. The summed E-state index contributed by atoms with van der Waals surface area (Å²) < 4.78 is 1.05. The summed E-state index contributed by atoms with van der Waals surface area (Å²) in [5.74, 6) is 0.796. The minimum Gasteiger partial charge on any atom is -0.398 e. The van der Waals surface area contributed by atoms with Crippen LogP contribution in [-0.2, 0) is 6.54 Å². The third-order valence-corrected chi connectivity index (χ3v) is 4.59. The second-order valence-corrected chi connectivity index (χ2v) is 5.62. The molecule has 1 aromatic carbocycles. The standard InChI is InChI=1S/C15H25BrN2/c1-4-12(5-2)10-18(6-3)11-13-8-7-9-14(17)15(13)16/h7-9,12H,4-6,10-11,17H2,1-3H3. The highest BCUT2D eigenvalue weighted by molar-refractivity contribution is 9.10. The molecule has 0 saturated heterocycles. The van der Waals surface area contributed by atoms with Crippen molar-refractivity contribution in [3.63, 3.8) is 0 Å². The number of nitrogens with two attached hydrogens (primary N) is 1. The highest BCUT2D eigenvalue weighted by Crippen LogP contribution is 2.25. The molecule has 2 nitrogen and oxygen atoms in total. The Bertz CT molecular complexity index is 362. The molecule has 2 N–H and O–H groups in total. The van der Waals surface area contributed by atoms with Crippen molar-refractivity contribution in [1.82, 2.24) is 4.90 Å². The van der Waals surface area contributed by atoms with E-state index in [4.69, 9.17) is 5.73 Å². The number of hydrogen-bond donors (Lipinski definition) is 1. The summed E-state index contributed by atoms with van der Waals surface area (Å²) in [6, 6.07) is 6.11. The summed E-state index contributed by atoms with van der Waals surface area (Å²) >= 11 is 3.59. The van der Waals surface area contributed by atoms with Crippen molar-refractivity contribution in [1.29, 1.82) is 0 Å². The Morgan fingerprint density at radius 2 is 1.89 bits per heavy atom. The van der Waals surface area contributed by atoms with Crippen LogP contribution in [0.3, 0.4) is 0 Å². The van der Waals surface area contributed by atoms with Gasteiger partial charge in [-0.3, -0.25) is 4.90 Å². The molecule has 0 aliphatic rings. The van der Waals surface area contributed by atoms with Crippen LogP contribution in [0.15, 0.2) is 22.7 Å². The highest BCUT2D eigenvalue weighted by Gasteiger charge is 2.12. The molecular weight excluding hydrogens is 288 g/mol. The van der Waals surface area contributed by atoms with E-state index >= 15 is 0 Å². The van der Waals surface area contributed by atoms with Crippen LogP contribution in [0.2, 0.25) is 0 Å². The zero-order chi connectivity index (χ0) is 13.5. The quantitative estimate of drug-likeness (QED) is 0.761. The molecule has 1 aromatic rings. The third kappa shape index (κ3) is 4.29. The predicted molar refractivity (Wildman–Crippen MR) is 83.6 cm³/mol. The van der Waals surface area contributed by atoms with E-state index in [0.29, 0.717) is 0 Å². The Kier molecular flexibility index (Phi) is 6.72. The van der Waals surface area contributed by atoms with Gasteiger partial charge in [0.05, 0.1) is 0 Å².